The minimum atomic E-state index is 0. The molecule has 5 heteroatoms. The minimum Gasteiger partial charge on any atom is -0.360 e. The minimum absolute atomic E-state index is 0. The van der Waals surface area contributed by atoms with E-state index in [-0.39, 0.29) is 20.1 Å². The van der Waals surface area contributed by atoms with E-state index < -0.39 is 0 Å². The first-order valence-corrected chi connectivity index (χ1v) is 14.1. The van der Waals surface area contributed by atoms with Crippen molar-refractivity contribution in [1.82, 2.24) is 14.5 Å². The molecule has 0 atom stereocenters. The van der Waals surface area contributed by atoms with Gasteiger partial charge >= 0.3 is 0 Å². The molecule has 0 saturated heterocycles. The largest absolute Gasteiger partial charge is 0.360 e. The standard InChI is InChI=1S/C21H19N2.C12H8NS.Ir/c1-2-9-16(10-3-1)21-22-19-12-6-11-18-17(15-7-4-5-8-15)13-14-23(21)20(18)19;1-2-5-10-9(4-1)8-14-11-6-3-7-13-12(10)11;/h1-3,6,9,11-13,15H,4-5,7-8,14H2;1-4,6-7H,8H2;/q2*-1;. The molecular weight excluding hydrogens is 663 g/mol. The van der Waals surface area contributed by atoms with E-state index in [0.29, 0.717) is 0 Å². The molecule has 1 fully saturated rings. The van der Waals surface area contributed by atoms with Gasteiger partial charge in [-0.2, -0.15) is 0 Å². The van der Waals surface area contributed by atoms with Crippen LogP contribution in [0.4, 0.5) is 0 Å². The Hall–Kier alpha value is -2.98. The molecule has 191 valence electrons. The van der Waals surface area contributed by atoms with Crippen LogP contribution in [0.3, 0.4) is 0 Å². The molecule has 3 aromatic carbocycles. The Morgan fingerprint density at radius 3 is 2.66 bits per heavy atom. The number of benzene rings is 3. The van der Waals surface area contributed by atoms with E-state index in [4.69, 9.17) is 4.98 Å². The van der Waals surface area contributed by atoms with Gasteiger partial charge in [0.25, 0.3) is 0 Å². The average Bonchev–Trinajstić information content (AvgIpc) is 3.64. The van der Waals surface area contributed by atoms with Crippen LogP contribution in [0, 0.1) is 18.1 Å². The fraction of sp³-hybridized carbons (Fsp3) is 0.212. The van der Waals surface area contributed by atoms with Gasteiger partial charge in [-0.25, -0.2) is 0 Å². The van der Waals surface area contributed by atoms with Crippen molar-refractivity contribution in [3.05, 3.63) is 108 Å². The summed E-state index contributed by atoms with van der Waals surface area (Å²) >= 11 is 1.85. The summed E-state index contributed by atoms with van der Waals surface area (Å²) in [7, 11) is 0. The predicted molar refractivity (Wildman–Crippen MR) is 152 cm³/mol. The number of para-hydroxylation sites is 1. The number of aromatic nitrogens is 3. The maximum absolute atomic E-state index is 4.91. The van der Waals surface area contributed by atoms with Crippen LogP contribution < -0.4 is 0 Å². The Balaban J connectivity index is 0.000000152. The number of pyridine rings is 1. The third-order valence-electron chi connectivity index (χ3n) is 7.65. The van der Waals surface area contributed by atoms with Gasteiger partial charge in [-0.15, -0.1) is 83.0 Å². The Bertz CT molecular complexity index is 1570. The molecule has 3 nitrogen and oxygen atoms in total. The smallest absolute Gasteiger partial charge is 0.0777 e. The summed E-state index contributed by atoms with van der Waals surface area (Å²) in [5.41, 5.74) is 10.0. The van der Waals surface area contributed by atoms with E-state index in [1.54, 1.807) is 5.57 Å². The Kier molecular flexibility index (Phi) is 7.34. The summed E-state index contributed by atoms with van der Waals surface area (Å²) in [6.45, 7) is 0.928. The second kappa shape index (κ2) is 11.0. The van der Waals surface area contributed by atoms with Crippen molar-refractivity contribution in [2.75, 3.05) is 0 Å². The SMILES string of the molecule is [Ir].[c-]1cccc2c1-c1ncccc1SC2.[c-]1ccccc1-c1nc2cccc3c2n1CC=C3C1CCCC1. The van der Waals surface area contributed by atoms with Crippen molar-refractivity contribution < 1.29 is 20.1 Å². The maximum atomic E-state index is 4.91. The number of hydrogen-bond acceptors (Lipinski definition) is 3. The first-order chi connectivity index (χ1) is 18.4. The molecule has 5 aromatic rings. The number of rotatable bonds is 2. The van der Waals surface area contributed by atoms with E-state index in [1.165, 1.54) is 52.8 Å². The molecule has 4 heterocycles. The number of hydrogen-bond donors (Lipinski definition) is 0. The number of imidazole rings is 1. The topological polar surface area (TPSA) is 30.7 Å². The summed E-state index contributed by atoms with van der Waals surface area (Å²) in [6.07, 6.45) is 9.72. The number of fused-ring (bicyclic) bond motifs is 3. The van der Waals surface area contributed by atoms with Crippen LogP contribution >= 0.6 is 11.8 Å². The van der Waals surface area contributed by atoms with Crippen LogP contribution in [0.2, 0.25) is 0 Å². The van der Waals surface area contributed by atoms with Crippen LogP contribution in [-0.2, 0) is 32.4 Å². The van der Waals surface area contributed by atoms with E-state index >= 15 is 0 Å². The Morgan fingerprint density at radius 1 is 0.895 bits per heavy atom. The maximum Gasteiger partial charge on any atom is 0.0777 e. The summed E-state index contributed by atoms with van der Waals surface area (Å²) in [4.78, 5) is 10.6. The monoisotopic (exact) mass is 690 g/mol. The van der Waals surface area contributed by atoms with Gasteiger partial charge in [0.2, 0.25) is 0 Å². The molecule has 3 aliphatic rings. The van der Waals surface area contributed by atoms with E-state index in [2.05, 4.69) is 70.2 Å². The zero-order chi connectivity index (χ0) is 24.6. The summed E-state index contributed by atoms with van der Waals surface area (Å²) in [6, 6.07) is 31.5. The molecule has 2 aliphatic heterocycles. The van der Waals surface area contributed by atoms with Gasteiger partial charge in [0.15, 0.2) is 0 Å². The van der Waals surface area contributed by atoms with Crippen molar-refractivity contribution in [3.63, 3.8) is 0 Å². The van der Waals surface area contributed by atoms with Crippen molar-refractivity contribution in [2.24, 2.45) is 5.92 Å². The zero-order valence-electron chi connectivity index (χ0n) is 21.0. The van der Waals surface area contributed by atoms with E-state index in [0.717, 1.165) is 40.8 Å². The Morgan fingerprint density at radius 2 is 1.79 bits per heavy atom. The molecule has 1 aliphatic carbocycles. The van der Waals surface area contributed by atoms with Gasteiger partial charge in [0.05, 0.1) is 16.9 Å². The van der Waals surface area contributed by atoms with Gasteiger partial charge in [0, 0.05) is 44.1 Å². The van der Waals surface area contributed by atoms with Crippen molar-refractivity contribution in [1.29, 1.82) is 0 Å². The zero-order valence-corrected chi connectivity index (χ0v) is 24.2. The first-order valence-electron chi connectivity index (χ1n) is 13.1. The molecule has 0 bridgehead atoms. The Labute approximate surface area is 241 Å². The van der Waals surface area contributed by atoms with Crippen LogP contribution in [0.5, 0.6) is 0 Å². The third-order valence-corrected chi connectivity index (χ3v) is 8.75. The molecule has 0 N–H and O–H groups in total. The van der Waals surface area contributed by atoms with Crippen LogP contribution in [-0.4, -0.2) is 14.5 Å². The molecule has 1 radical (unpaired) electrons. The molecule has 1 saturated carbocycles. The van der Waals surface area contributed by atoms with Gasteiger partial charge in [0.1, 0.15) is 0 Å². The summed E-state index contributed by atoms with van der Waals surface area (Å²) in [5, 5.41) is 0. The van der Waals surface area contributed by atoms with Crippen molar-refractivity contribution in [2.45, 2.75) is 42.9 Å². The molecule has 0 unspecified atom stereocenters. The average molecular weight is 690 g/mol. The molecule has 8 rings (SSSR count). The molecule has 38 heavy (non-hydrogen) atoms. The fourth-order valence-electron chi connectivity index (χ4n) is 5.92. The van der Waals surface area contributed by atoms with E-state index in [9.17, 15) is 0 Å². The molecular formula is C33H27IrN3S-2. The molecule has 0 spiro atoms. The first kappa shape index (κ1) is 25.3. The number of allylic oxidation sites excluding steroid dienone is 2. The fourth-order valence-corrected chi connectivity index (χ4v) is 6.94. The van der Waals surface area contributed by atoms with Gasteiger partial charge in [-0.3, -0.25) is 4.98 Å². The summed E-state index contributed by atoms with van der Waals surface area (Å²) < 4.78 is 2.36. The van der Waals surface area contributed by atoms with Gasteiger partial charge in [-0.1, -0.05) is 37.1 Å². The third kappa shape index (κ3) is 4.58. The second-order valence-corrected chi connectivity index (χ2v) is 10.9. The van der Waals surface area contributed by atoms with Gasteiger partial charge in [-0.05, 0) is 47.1 Å². The normalized spacial score (nSPS) is 15.5. The van der Waals surface area contributed by atoms with E-state index in [1.807, 2.05) is 48.3 Å². The number of nitrogens with zero attached hydrogens (tertiary/aromatic N) is 3. The van der Waals surface area contributed by atoms with Crippen LogP contribution in [0.25, 0.3) is 39.3 Å². The van der Waals surface area contributed by atoms with Crippen LogP contribution in [0.1, 0.15) is 36.8 Å². The molecule has 0 amide bonds. The number of thioether (sulfide) groups is 1. The van der Waals surface area contributed by atoms with Crippen molar-refractivity contribution >= 4 is 28.4 Å². The second-order valence-electron chi connectivity index (χ2n) is 9.85. The van der Waals surface area contributed by atoms with Gasteiger partial charge < -0.3 is 9.55 Å². The quantitative estimate of drug-likeness (QED) is 0.175. The molecule has 2 aromatic heterocycles. The van der Waals surface area contributed by atoms with Crippen molar-refractivity contribution in [3.8, 4) is 22.6 Å². The van der Waals surface area contributed by atoms with Crippen LogP contribution in [0.15, 0.2) is 90.0 Å². The predicted octanol–water partition coefficient (Wildman–Crippen LogP) is 8.24. The summed E-state index contributed by atoms with van der Waals surface area (Å²) in [5.74, 6) is 2.82.